The molecule has 0 aromatic heterocycles. The van der Waals surface area contributed by atoms with Gasteiger partial charge in [-0.25, -0.2) is 4.39 Å². The molecule has 1 atom stereocenters. The lowest BCUT2D eigenvalue weighted by molar-refractivity contribution is -0.258. The summed E-state index contributed by atoms with van der Waals surface area (Å²) >= 11 is 0. The first-order valence-electron chi connectivity index (χ1n) is 11.5. The van der Waals surface area contributed by atoms with Crippen molar-refractivity contribution in [3.63, 3.8) is 0 Å². The monoisotopic (exact) mass is 490 g/mol. The molecule has 2 aliphatic carbocycles. The van der Waals surface area contributed by atoms with Gasteiger partial charge in [-0.3, -0.25) is 9.59 Å². The SMILES string of the molecule is C[C@](O)(c1c#cc(C(=O)N(C2CC2)C2CCC(C(N)=O)(c3ccccc3F)CC2)cc1)C(F)(F)F. The number of primary amides is 1. The normalized spacial score (nSPS) is 24.2. The van der Waals surface area contributed by atoms with E-state index in [1.54, 1.807) is 23.1 Å². The van der Waals surface area contributed by atoms with Crippen LogP contribution in [0.1, 0.15) is 66.9 Å². The number of carbonyl (C=O) groups is 2. The molecule has 2 saturated carbocycles. The molecule has 0 radical (unpaired) electrons. The van der Waals surface area contributed by atoms with E-state index >= 15 is 0 Å². The number of benzene rings is 1. The Morgan fingerprint density at radius 2 is 1.63 bits per heavy atom. The van der Waals surface area contributed by atoms with Gasteiger partial charge in [0, 0.05) is 23.2 Å². The molecule has 4 rings (SSSR count). The van der Waals surface area contributed by atoms with E-state index in [9.17, 15) is 32.3 Å². The lowest BCUT2D eigenvalue weighted by Crippen LogP contribution is -2.50. The van der Waals surface area contributed by atoms with Crippen LogP contribution in [-0.4, -0.2) is 40.1 Å². The predicted molar refractivity (Wildman–Crippen MR) is 118 cm³/mol. The summed E-state index contributed by atoms with van der Waals surface area (Å²) in [5.74, 6) is -1.51. The van der Waals surface area contributed by atoms with Gasteiger partial charge in [-0.1, -0.05) is 30.3 Å². The third-order valence-electron chi connectivity index (χ3n) is 7.29. The standard InChI is InChI=1S/C26H26F4N2O3/c1-24(35,26(28,29)30)17-8-6-16(7-9-17)22(33)32(18-10-11-18)19-12-14-25(15-13-19,23(31)34)20-4-2-3-5-21(20)27/h2-6,8,18-19,35H,10-15H2,1H3,(H2,31,34)/t19?,24-,25?/m0/s1. The highest BCUT2D eigenvalue weighted by Gasteiger charge is 2.52. The third kappa shape index (κ3) is 4.47. The van der Waals surface area contributed by atoms with Crippen molar-refractivity contribution in [3.05, 3.63) is 71.0 Å². The highest BCUT2D eigenvalue weighted by Crippen LogP contribution is 2.44. The molecule has 0 saturated heterocycles. The van der Waals surface area contributed by atoms with Crippen molar-refractivity contribution in [2.45, 2.75) is 74.7 Å². The van der Waals surface area contributed by atoms with Crippen LogP contribution in [0.5, 0.6) is 0 Å². The molecule has 0 heterocycles. The molecule has 2 aromatic rings. The van der Waals surface area contributed by atoms with Gasteiger partial charge in [0.15, 0.2) is 5.60 Å². The van der Waals surface area contributed by atoms with E-state index in [4.69, 9.17) is 5.73 Å². The summed E-state index contributed by atoms with van der Waals surface area (Å²) in [5, 5.41) is 9.83. The Hall–Kier alpha value is -3.12. The van der Waals surface area contributed by atoms with Gasteiger partial charge in [-0.2, -0.15) is 13.2 Å². The van der Waals surface area contributed by atoms with Crippen LogP contribution >= 0.6 is 0 Å². The summed E-state index contributed by atoms with van der Waals surface area (Å²) in [6.07, 6.45) is -1.94. The Morgan fingerprint density at radius 1 is 1.03 bits per heavy atom. The molecule has 3 N–H and O–H groups in total. The van der Waals surface area contributed by atoms with E-state index in [1.807, 2.05) is 0 Å². The van der Waals surface area contributed by atoms with E-state index < -0.39 is 40.4 Å². The van der Waals surface area contributed by atoms with E-state index in [0.29, 0.717) is 19.8 Å². The quantitative estimate of drug-likeness (QED) is 0.597. The average molecular weight is 490 g/mol. The molecule has 0 aliphatic heterocycles. The highest BCUT2D eigenvalue weighted by molar-refractivity contribution is 5.94. The minimum absolute atomic E-state index is 0.0200. The first-order chi connectivity index (χ1) is 16.4. The molecule has 35 heavy (non-hydrogen) atoms. The van der Waals surface area contributed by atoms with Crippen molar-refractivity contribution in [1.82, 2.24) is 4.90 Å². The summed E-state index contributed by atoms with van der Waals surface area (Å²) in [5.41, 5.74) is 1.22. The summed E-state index contributed by atoms with van der Waals surface area (Å²) in [4.78, 5) is 27.5. The van der Waals surface area contributed by atoms with E-state index in [2.05, 4.69) is 12.1 Å². The largest absolute Gasteiger partial charge is 0.421 e. The van der Waals surface area contributed by atoms with Crippen LogP contribution in [0.3, 0.4) is 0 Å². The number of hydrogen-bond donors (Lipinski definition) is 2. The number of hydrogen-bond acceptors (Lipinski definition) is 3. The Balaban J connectivity index is 1.54. The minimum atomic E-state index is -4.91. The fraction of sp³-hybridized carbons (Fsp3) is 0.462. The maximum absolute atomic E-state index is 14.5. The van der Waals surface area contributed by atoms with Crippen molar-refractivity contribution in [1.29, 1.82) is 0 Å². The number of halogens is 4. The van der Waals surface area contributed by atoms with Crippen molar-refractivity contribution >= 4 is 11.8 Å². The van der Waals surface area contributed by atoms with E-state index in [-0.39, 0.29) is 36.1 Å². The van der Waals surface area contributed by atoms with Crippen LogP contribution in [-0.2, 0) is 15.8 Å². The van der Waals surface area contributed by atoms with Gasteiger partial charge in [-0.15, -0.1) is 0 Å². The van der Waals surface area contributed by atoms with E-state index in [1.165, 1.54) is 12.1 Å². The molecule has 0 bridgehead atoms. The van der Waals surface area contributed by atoms with Gasteiger partial charge in [-0.05, 0) is 63.6 Å². The molecule has 186 valence electrons. The summed E-state index contributed by atoms with van der Waals surface area (Å²) in [7, 11) is 0. The number of alkyl halides is 3. The molecule has 0 unspecified atom stereocenters. The Bertz CT molecular complexity index is 1100. The van der Waals surface area contributed by atoms with Gasteiger partial charge < -0.3 is 15.7 Å². The van der Waals surface area contributed by atoms with E-state index in [0.717, 1.165) is 18.9 Å². The van der Waals surface area contributed by atoms with Crippen molar-refractivity contribution in [3.8, 4) is 0 Å². The van der Waals surface area contributed by atoms with Crippen LogP contribution in [0, 0.1) is 17.9 Å². The number of rotatable bonds is 6. The number of nitrogens with two attached hydrogens (primary N) is 1. The second-order valence-corrected chi connectivity index (χ2v) is 9.58. The smallest absolute Gasteiger partial charge is 0.376 e. The maximum Gasteiger partial charge on any atom is 0.421 e. The van der Waals surface area contributed by atoms with Crippen molar-refractivity contribution < 1.29 is 32.3 Å². The number of aliphatic hydroxyl groups is 1. The zero-order valence-electron chi connectivity index (χ0n) is 19.2. The molecule has 2 amide bonds. The van der Waals surface area contributed by atoms with Crippen LogP contribution in [0.2, 0.25) is 0 Å². The Morgan fingerprint density at radius 3 is 2.11 bits per heavy atom. The highest BCUT2D eigenvalue weighted by atomic mass is 19.4. The third-order valence-corrected chi connectivity index (χ3v) is 7.29. The van der Waals surface area contributed by atoms with Gasteiger partial charge in [0.25, 0.3) is 5.91 Å². The summed E-state index contributed by atoms with van der Waals surface area (Å²) < 4.78 is 53.9. The topological polar surface area (TPSA) is 83.6 Å². The molecule has 2 aliphatic rings. The van der Waals surface area contributed by atoms with Gasteiger partial charge in [0.05, 0.1) is 11.0 Å². The Kier molecular flexibility index (Phi) is 6.30. The van der Waals surface area contributed by atoms with Crippen LogP contribution in [0.15, 0.2) is 36.4 Å². The second-order valence-electron chi connectivity index (χ2n) is 9.58. The zero-order chi connectivity index (χ0) is 25.6. The van der Waals surface area contributed by atoms with Gasteiger partial charge >= 0.3 is 6.18 Å². The fourth-order valence-corrected chi connectivity index (χ4v) is 4.94. The van der Waals surface area contributed by atoms with Crippen LogP contribution < -0.4 is 5.73 Å². The van der Waals surface area contributed by atoms with Gasteiger partial charge in [0.2, 0.25) is 5.91 Å². The van der Waals surface area contributed by atoms with Crippen LogP contribution in [0.4, 0.5) is 17.6 Å². The molecule has 9 heteroatoms. The molecule has 0 spiro atoms. The predicted octanol–water partition coefficient (Wildman–Crippen LogP) is 4.17. The van der Waals surface area contributed by atoms with Gasteiger partial charge in [0.1, 0.15) is 5.82 Å². The maximum atomic E-state index is 14.5. The zero-order valence-corrected chi connectivity index (χ0v) is 19.2. The molecule has 2 aromatic carbocycles. The second kappa shape index (κ2) is 8.83. The number of nitrogens with zero attached hydrogens (tertiary/aromatic N) is 1. The average Bonchev–Trinajstić information content (AvgIpc) is 3.64. The van der Waals surface area contributed by atoms with Crippen LogP contribution in [0.25, 0.3) is 0 Å². The first kappa shape index (κ1) is 25.0. The Labute approximate surface area is 200 Å². The number of carbonyl (C=O) groups excluding carboxylic acids is 2. The summed E-state index contributed by atoms with van der Waals surface area (Å²) in [6, 6.07) is 12.8. The molecular weight excluding hydrogens is 464 g/mol. The van der Waals surface area contributed by atoms with Crippen molar-refractivity contribution in [2.75, 3.05) is 0 Å². The molecular formula is C26H26F4N2O3. The number of amides is 2. The minimum Gasteiger partial charge on any atom is -0.376 e. The van der Waals surface area contributed by atoms with Crippen molar-refractivity contribution in [2.24, 2.45) is 5.73 Å². The molecule has 5 nitrogen and oxygen atoms in total. The fourth-order valence-electron chi connectivity index (χ4n) is 4.94. The lowest BCUT2D eigenvalue weighted by atomic mass is 9.67. The lowest BCUT2D eigenvalue weighted by Gasteiger charge is -2.42. The first-order valence-corrected chi connectivity index (χ1v) is 11.5. The molecule has 2 fully saturated rings. The summed E-state index contributed by atoms with van der Waals surface area (Å²) in [6.45, 7) is 0.618.